The van der Waals surface area contributed by atoms with Gasteiger partial charge in [0.15, 0.2) is 0 Å². The molecule has 2 aromatic rings. The second-order valence-corrected chi connectivity index (χ2v) is 5.37. The van der Waals surface area contributed by atoms with Gasteiger partial charge in [0, 0.05) is 21.1 Å². The molecule has 0 fully saturated rings. The molecule has 2 N–H and O–H groups in total. The second kappa shape index (κ2) is 12.0. The topological polar surface area (TPSA) is 58.9 Å². The Morgan fingerprint density at radius 2 is 1.44 bits per heavy atom. The van der Waals surface area contributed by atoms with E-state index in [1.165, 1.54) is 0 Å². The average molecular weight is 517 g/mol. The van der Waals surface area contributed by atoms with Crippen molar-refractivity contribution in [2.75, 3.05) is 26.5 Å². The maximum Gasteiger partial charge on any atom is 0.119 e. The Labute approximate surface area is 161 Å². The predicted molar refractivity (Wildman–Crippen MR) is 90.0 cm³/mol. The predicted octanol–water partition coefficient (Wildman–Crippen LogP) is 2.56. The monoisotopic (exact) mass is 517 g/mol. The van der Waals surface area contributed by atoms with Crippen LogP contribution in [0.2, 0.25) is 0 Å². The number of alkyl halides is 1. The number of aliphatic hydroxyl groups is 2. The van der Waals surface area contributed by atoms with E-state index in [0.29, 0.717) is 12.4 Å². The van der Waals surface area contributed by atoms with Crippen LogP contribution in [-0.2, 0) is 27.5 Å². The fraction of sp³-hybridized carbons (Fsp3) is 0.316. The van der Waals surface area contributed by atoms with Crippen LogP contribution < -0.4 is 9.47 Å². The third-order valence-corrected chi connectivity index (χ3v) is 3.37. The summed E-state index contributed by atoms with van der Waals surface area (Å²) in [5.41, 5.74) is 2.27. The summed E-state index contributed by atoms with van der Waals surface area (Å²) in [5, 5.41) is 17.8. The third kappa shape index (κ3) is 8.00. The molecule has 0 saturated carbocycles. The Bertz CT molecular complexity index is 589. The first-order valence-corrected chi connectivity index (χ1v) is 7.81. The van der Waals surface area contributed by atoms with Crippen molar-refractivity contribution in [3.05, 3.63) is 66.1 Å². The van der Waals surface area contributed by atoms with Crippen LogP contribution in [0.25, 0.3) is 0 Å². The molecule has 0 bridgehead atoms. The Morgan fingerprint density at radius 1 is 0.920 bits per heavy atom. The van der Waals surface area contributed by atoms with Crippen LogP contribution in [0.1, 0.15) is 11.1 Å². The molecule has 0 spiro atoms. The zero-order valence-electron chi connectivity index (χ0n) is 13.8. The molecule has 4 nitrogen and oxygen atoms in total. The van der Waals surface area contributed by atoms with Gasteiger partial charge in [-0.2, -0.15) is 0 Å². The Kier molecular flexibility index (Phi) is 10.4. The third-order valence-electron chi connectivity index (χ3n) is 3.37. The van der Waals surface area contributed by atoms with Crippen LogP contribution in [0.4, 0.5) is 4.39 Å². The van der Waals surface area contributed by atoms with E-state index in [-0.39, 0.29) is 34.3 Å². The number of benzene rings is 2. The van der Waals surface area contributed by atoms with Gasteiger partial charge >= 0.3 is 0 Å². The smallest absolute Gasteiger partial charge is 0.119 e. The van der Waals surface area contributed by atoms with E-state index in [1.807, 2.05) is 48.5 Å². The van der Waals surface area contributed by atoms with Crippen molar-refractivity contribution in [2.24, 2.45) is 0 Å². The quantitative estimate of drug-likeness (QED) is 0.376. The second-order valence-electron chi connectivity index (χ2n) is 5.37. The number of halogens is 1. The number of rotatable bonds is 10. The molecule has 0 heterocycles. The van der Waals surface area contributed by atoms with Gasteiger partial charge in [-0.3, -0.25) is 6.42 Å². The normalized spacial score (nSPS) is 11.5. The molecule has 0 radical (unpaired) electrons. The van der Waals surface area contributed by atoms with Gasteiger partial charge < -0.3 is 19.7 Å². The first-order chi connectivity index (χ1) is 11.7. The van der Waals surface area contributed by atoms with Gasteiger partial charge in [-0.15, -0.1) is 0 Å². The molecular weight excluding hydrogens is 495 g/mol. The number of aliphatic hydroxyl groups excluding tert-OH is 2. The van der Waals surface area contributed by atoms with E-state index in [2.05, 4.69) is 0 Å². The van der Waals surface area contributed by atoms with E-state index in [4.69, 9.17) is 19.7 Å². The molecule has 0 amide bonds. The van der Waals surface area contributed by atoms with Crippen molar-refractivity contribution >= 4 is 0 Å². The van der Waals surface area contributed by atoms with Crippen LogP contribution >= 0.6 is 0 Å². The maximum atomic E-state index is 12.2. The molecule has 0 aliphatic rings. The average Bonchev–Trinajstić information content (AvgIpc) is 2.62. The standard InChI is InChI=1S/C19H22FO4.W/c20-13-17(22)14-24-19-8-4-16(5-9-19)12-15-2-6-18(7-3-15)23-11-1-10-21;/h1-9,17,21-22H,10-14H2;/q-1;. The van der Waals surface area contributed by atoms with Gasteiger partial charge in [0.05, 0.1) is 0 Å². The van der Waals surface area contributed by atoms with E-state index in [1.54, 1.807) is 6.42 Å². The minimum atomic E-state index is -1.08. The van der Waals surface area contributed by atoms with Crippen molar-refractivity contribution in [3.8, 4) is 11.5 Å². The zero-order chi connectivity index (χ0) is 17.2. The fourth-order valence-corrected chi connectivity index (χ4v) is 2.09. The van der Waals surface area contributed by atoms with Gasteiger partial charge in [0.2, 0.25) is 0 Å². The molecule has 0 aliphatic heterocycles. The Hall–Kier alpha value is -1.42. The minimum absolute atomic E-state index is 0. The number of hydrogen-bond donors (Lipinski definition) is 2. The first kappa shape index (κ1) is 21.6. The van der Waals surface area contributed by atoms with Gasteiger partial charge in [0.1, 0.15) is 30.9 Å². The van der Waals surface area contributed by atoms with Crippen molar-refractivity contribution in [1.29, 1.82) is 0 Å². The number of ether oxygens (including phenoxy) is 2. The molecule has 136 valence electrons. The van der Waals surface area contributed by atoms with E-state index in [0.717, 1.165) is 23.3 Å². The van der Waals surface area contributed by atoms with Crippen LogP contribution in [0.3, 0.4) is 0 Å². The van der Waals surface area contributed by atoms with Gasteiger partial charge in [-0.25, -0.2) is 4.39 Å². The molecule has 1 unspecified atom stereocenters. The van der Waals surface area contributed by atoms with Crippen LogP contribution in [-0.4, -0.2) is 42.8 Å². The van der Waals surface area contributed by atoms with Crippen molar-refractivity contribution in [1.82, 2.24) is 0 Å². The van der Waals surface area contributed by atoms with Gasteiger partial charge in [0.25, 0.3) is 0 Å². The largest absolute Gasteiger partial charge is 0.525 e. The Morgan fingerprint density at radius 3 is 1.92 bits per heavy atom. The maximum absolute atomic E-state index is 12.2. The molecule has 0 aromatic heterocycles. The number of hydrogen-bond acceptors (Lipinski definition) is 4. The van der Waals surface area contributed by atoms with Crippen molar-refractivity contribution < 1.29 is 45.1 Å². The van der Waals surface area contributed by atoms with Crippen molar-refractivity contribution in [2.45, 2.75) is 12.5 Å². The summed E-state index contributed by atoms with van der Waals surface area (Å²) in [4.78, 5) is 0. The molecule has 0 saturated heterocycles. The molecular formula is C19H22FO4W-. The van der Waals surface area contributed by atoms with E-state index >= 15 is 0 Å². The van der Waals surface area contributed by atoms with Crippen LogP contribution in [0.5, 0.6) is 11.5 Å². The fourth-order valence-electron chi connectivity index (χ4n) is 2.09. The summed E-state index contributed by atoms with van der Waals surface area (Å²) in [6.07, 6.45) is 1.33. The minimum Gasteiger partial charge on any atom is -0.525 e. The van der Waals surface area contributed by atoms with Crippen LogP contribution in [0, 0.1) is 6.42 Å². The first-order valence-electron chi connectivity index (χ1n) is 7.81. The molecule has 2 aromatic carbocycles. The summed E-state index contributed by atoms with van der Waals surface area (Å²) in [6, 6.07) is 15.3. The molecule has 25 heavy (non-hydrogen) atoms. The summed E-state index contributed by atoms with van der Waals surface area (Å²) < 4.78 is 22.9. The molecule has 2 rings (SSSR count). The van der Waals surface area contributed by atoms with Crippen LogP contribution in [0.15, 0.2) is 48.5 Å². The molecule has 6 heteroatoms. The summed E-state index contributed by atoms with van der Waals surface area (Å²) in [5.74, 6) is 1.37. The summed E-state index contributed by atoms with van der Waals surface area (Å²) in [7, 11) is 0. The summed E-state index contributed by atoms with van der Waals surface area (Å²) >= 11 is 0. The van der Waals surface area contributed by atoms with Gasteiger partial charge in [-0.1, -0.05) is 30.9 Å². The SMILES string of the molecule is OC[CH-]COc1ccc(Cc2ccc(OCC(O)CF)cc2)cc1.[W]. The molecule has 1 atom stereocenters. The zero-order valence-corrected chi connectivity index (χ0v) is 16.7. The van der Waals surface area contributed by atoms with E-state index < -0.39 is 12.8 Å². The van der Waals surface area contributed by atoms with Crippen molar-refractivity contribution in [3.63, 3.8) is 0 Å². The Balaban J connectivity index is 0.00000312. The van der Waals surface area contributed by atoms with E-state index in [9.17, 15) is 4.39 Å². The molecule has 0 aliphatic carbocycles. The summed E-state index contributed by atoms with van der Waals surface area (Å²) in [6.45, 7) is -0.472. The van der Waals surface area contributed by atoms with Gasteiger partial charge in [-0.05, 0) is 48.4 Å².